The summed E-state index contributed by atoms with van der Waals surface area (Å²) in [6.07, 6.45) is 0. The molecule has 0 unspecified atom stereocenters. The third-order valence-electron chi connectivity index (χ3n) is 2.61. The van der Waals surface area contributed by atoms with Crippen molar-refractivity contribution < 1.29 is 14.3 Å². The number of aryl methyl sites for hydroxylation is 1. The fourth-order valence-corrected chi connectivity index (χ4v) is 2.00. The molecule has 1 aromatic carbocycles. The summed E-state index contributed by atoms with van der Waals surface area (Å²) in [6.45, 7) is 0.258. The molecule has 0 aliphatic rings. The van der Waals surface area contributed by atoms with Gasteiger partial charge in [0.05, 0.1) is 17.7 Å². The Morgan fingerprint density at radius 2 is 2.10 bits per heavy atom. The summed E-state index contributed by atoms with van der Waals surface area (Å²) in [4.78, 5) is 11.4. The number of ether oxygens (including phenoxy) is 2. The Morgan fingerprint density at radius 3 is 2.65 bits per heavy atom. The number of carbonyl (C=O) groups excluding carboxylic acids is 1. The quantitative estimate of drug-likeness (QED) is 0.814. The first-order valence-corrected chi connectivity index (χ1v) is 6.46. The normalized spacial score (nSPS) is 10.4. The third kappa shape index (κ3) is 3.23. The van der Waals surface area contributed by atoms with Gasteiger partial charge in [-0.2, -0.15) is 5.10 Å². The van der Waals surface area contributed by atoms with Crippen LogP contribution < -0.4 is 4.74 Å². The van der Waals surface area contributed by atoms with Gasteiger partial charge in [-0.15, -0.1) is 0 Å². The molecule has 0 saturated heterocycles. The Labute approximate surface area is 126 Å². The Balaban J connectivity index is 2.07. The van der Waals surface area contributed by atoms with Crippen LogP contribution in [0.3, 0.4) is 0 Å². The fraction of sp³-hybridized carbons (Fsp3) is 0.231. The number of esters is 1. The molecule has 0 bridgehead atoms. The maximum atomic E-state index is 11.4. The number of benzene rings is 1. The predicted octanol–water partition coefficient (Wildman–Crippen LogP) is 3.09. The van der Waals surface area contributed by atoms with Crippen molar-refractivity contribution in [3.63, 3.8) is 0 Å². The summed E-state index contributed by atoms with van der Waals surface area (Å²) in [5.41, 5.74) is 0.994. The molecule has 0 N–H and O–H groups in total. The Kier molecular flexibility index (Phi) is 4.52. The molecule has 1 heterocycles. The minimum Gasteiger partial charge on any atom is -0.487 e. The second-order valence-electron chi connectivity index (χ2n) is 4.00. The highest BCUT2D eigenvalue weighted by Gasteiger charge is 2.11. The molecule has 0 saturated carbocycles. The maximum Gasteiger partial charge on any atom is 0.339 e. The second-order valence-corrected chi connectivity index (χ2v) is 4.80. The number of halogens is 2. The number of hydrogen-bond donors (Lipinski definition) is 0. The smallest absolute Gasteiger partial charge is 0.339 e. The van der Waals surface area contributed by atoms with Crippen LogP contribution in [0.25, 0.3) is 0 Å². The summed E-state index contributed by atoms with van der Waals surface area (Å²) in [5, 5.41) is 4.96. The number of rotatable bonds is 4. The van der Waals surface area contributed by atoms with E-state index in [1.807, 2.05) is 0 Å². The van der Waals surface area contributed by atoms with Crippen LogP contribution in [0.15, 0.2) is 24.3 Å². The van der Waals surface area contributed by atoms with Gasteiger partial charge in [-0.05, 0) is 18.2 Å². The minimum absolute atomic E-state index is 0.258. The van der Waals surface area contributed by atoms with Gasteiger partial charge in [0, 0.05) is 13.1 Å². The monoisotopic (exact) mass is 314 g/mol. The summed E-state index contributed by atoms with van der Waals surface area (Å²) >= 11 is 11.9. The summed E-state index contributed by atoms with van der Waals surface area (Å²) in [7, 11) is 3.04. The van der Waals surface area contributed by atoms with Crippen molar-refractivity contribution >= 4 is 29.2 Å². The molecule has 5 nitrogen and oxygen atoms in total. The average molecular weight is 315 g/mol. The van der Waals surface area contributed by atoms with Gasteiger partial charge in [0.1, 0.15) is 23.2 Å². The zero-order valence-corrected chi connectivity index (χ0v) is 12.4. The lowest BCUT2D eigenvalue weighted by atomic mass is 10.2. The van der Waals surface area contributed by atoms with E-state index in [-0.39, 0.29) is 11.6 Å². The highest BCUT2D eigenvalue weighted by Crippen LogP contribution is 2.24. The number of aromatic nitrogens is 2. The Hall–Kier alpha value is -1.72. The SMILES string of the molecule is COC(=O)c1ccc(OCc2cc(Cl)n(C)n2)cc1Cl. The van der Waals surface area contributed by atoms with E-state index in [1.54, 1.807) is 36.0 Å². The zero-order valence-electron chi connectivity index (χ0n) is 10.9. The molecule has 2 aromatic rings. The van der Waals surface area contributed by atoms with Gasteiger partial charge < -0.3 is 9.47 Å². The summed E-state index contributed by atoms with van der Waals surface area (Å²) in [5.74, 6) is 0.0440. The first kappa shape index (κ1) is 14.7. The van der Waals surface area contributed by atoms with Gasteiger partial charge in [0.15, 0.2) is 0 Å². The van der Waals surface area contributed by atoms with Crippen LogP contribution in [0, 0.1) is 0 Å². The van der Waals surface area contributed by atoms with Crippen LogP contribution >= 0.6 is 23.2 Å². The van der Waals surface area contributed by atoms with Gasteiger partial charge in [-0.3, -0.25) is 4.68 Å². The van der Waals surface area contributed by atoms with Crippen LogP contribution in [0.2, 0.25) is 10.2 Å². The molecule has 0 radical (unpaired) electrons. The molecule has 1 aromatic heterocycles. The standard InChI is InChI=1S/C13H12Cl2N2O3/c1-17-12(15)5-8(16-17)7-20-9-3-4-10(11(14)6-9)13(18)19-2/h3-6H,7H2,1-2H3. The van der Waals surface area contributed by atoms with Gasteiger partial charge in [-0.1, -0.05) is 23.2 Å². The van der Waals surface area contributed by atoms with Crippen molar-refractivity contribution in [2.24, 2.45) is 7.05 Å². The number of nitrogens with zero attached hydrogens (tertiary/aromatic N) is 2. The molecular formula is C13H12Cl2N2O3. The van der Waals surface area contributed by atoms with E-state index in [0.29, 0.717) is 22.2 Å². The zero-order chi connectivity index (χ0) is 14.7. The molecule has 7 heteroatoms. The fourth-order valence-electron chi connectivity index (χ4n) is 1.59. The molecule has 0 spiro atoms. The molecule has 0 aliphatic heterocycles. The van der Waals surface area contributed by atoms with E-state index in [9.17, 15) is 4.79 Å². The molecule has 0 aliphatic carbocycles. The van der Waals surface area contributed by atoms with E-state index < -0.39 is 5.97 Å². The van der Waals surface area contributed by atoms with Crippen molar-refractivity contribution in [3.8, 4) is 5.75 Å². The summed E-state index contributed by atoms with van der Waals surface area (Å²) in [6, 6.07) is 6.46. The van der Waals surface area contributed by atoms with E-state index >= 15 is 0 Å². The van der Waals surface area contributed by atoms with Crippen LogP contribution in [-0.2, 0) is 18.4 Å². The maximum absolute atomic E-state index is 11.4. The summed E-state index contributed by atoms with van der Waals surface area (Å²) < 4.78 is 11.7. The van der Waals surface area contributed by atoms with E-state index in [0.717, 1.165) is 0 Å². The largest absolute Gasteiger partial charge is 0.487 e. The second kappa shape index (κ2) is 6.15. The minimum atomic E-state index is -0.488. The van der Waals surface area contributed by atoms with E-state index in [1.165, 1.54) is 7.11 Å². The molecule has 0 atom stereocenters. The molecule has 0 amide bonds. The molecule has 0 fully saturated rings. The van der Waals surface area contributed by atoms with Crippen molar-refractivity contribution in [2.75, 3.05) is 7.11 Å². The lowest BCUT2D eigenvalue weighted by Gasteiger charge is -2.07. The number of carbonyl (C=O) groups is 1. The van der Waals surface area contributed by atoms with Crippen molar-refractivity contribution in [1.82, 2.24) is 9.78 Å². The van der Waals surface area contributed by atoms with Crippen LogP contribution in [-0.4, -0.2) is 22.9 Å². The van der Waals surface area contributed by atoms with Crippen molar-refractivity contribution in [3.05, 3.63) is 45.7 Å². The topological polar surface area (TPSA) is 53.4 Å². The lowest BCUT2D eigenvalue weighted by molar-refractivity contribution is 0.0601. The third-order valence-corrected chi connectivity index (χ3v) is 3.27. The van der Waals surface area contributed by atoms with Crippen molar-refractivity contribution in [1.29, 1.82) is 0 Å². The Bertz CT molecular complexity index is 621. The van der Waals surface area contributed by atoms with Crippen LogP contribution in [0.5, 0.6) is 5.75 Å². The van der Waals surface area contributed by atoms with Crippen molar-refractivity contribution in [2.45, 2.75) is 6.61 Å². The first-order chi connectivity index (χ1) is 9.51. The van der Waals surface area contributed by atoms with E-state index in [2.05, 4.69) is 9.84 Å². The average Bonchev–Trinajstić information content (AvgIpc) is 2.75. The Morgan fingerprint density at radius 1 is 1.35 bits per heavy atom. The van der Waals surface area contributed by atoms with E-state index in [4.69, 9.17) is 27.9 Å². The molecule has 2 rings (SSSR count). The van der Waals surface area contributed by atoms with Crippen LogP contribution in [0.4, 0.5) is 0 Å². The van der Waals surface area contributed by atoms with Gasteiger partial charge in [0.25, 0.3) is 0 Å². The highest BCUT2D eigenvalue weighted by molar-refractivity contribution is 6.33. The molecular weight excluding hydrogens is 303 g/mol. The highest BCUT2D eigenvalue weighted by atomic mass is 35.5. The van der Waals surface area contributed by atoms with Crippen LogP contribution in [0.1, 0.15) is 16.1 Å². The van der Waals surface area contributed by atoms with Gasteiger partial charge >= 0.3 is 5.97 Å². The number of hydrogen-bond acceptors (Lipinski definition) is 4. The van der Waals surface area contributed by atoms with Gasteiger partial charge in [0.2, 0.25) is 0 Å². The van der Waals surface area contributed by atoms with Gasteiger partial charge in [-0.25, -0.2) is 4.79 Å². The molecule has 106 valence electrons. The predicted molar refractivity (Wildman–Crippen MR) is 75.3 cm³/mol. The number of methoxy groups -OCH3 is 1. The molecule has 20 heavy (non-hydrogen) atoms. The lowest BCUT2D eigenvalue weighted by Crippen LogP contribution is -2.03. The first-order valence-electron chi connectivity index (χ1n) is 5.70.